The second-order valence-corrected chi connectivity index (χ2v) is 5.92. The van der Waals surface area contributed by atoms with Crippen LogP contribution in [0, 0.1) is 0 Å². The fourth-order valence-corrected chi connectivity index (χ4v) is 2.83. The molecule has 8 heteroatoms. The van der Waals surface area contributed by atoms with E-state index in [1.54, 1.807) is 18.2 Å². The van der Waals surface area contributed by atoms with E-state index in [1.807, 2.05) is 6.92 Å². The van der Waals surface area contributed by atoms with Crippen molar-refractivity contribution in [2.45, 2.75) is 18.4 Å². The number of nitrogen functional groups attached to an aromatic ring is 1. The Morgan fingerprint density at radius 3 is 2.79 bits per heavy atom. The molecule has 0 atom stereocenters. The number of hydrogen-bond acceptors (Lipinski definition) is 4. The lowest BCUT2D eigenvalue weighted by Crippen LogP contribution is -2.15. The summed E-state index contributed by atoms with van der Waals surface area (Å²) in [5.74, 6) is 0.590. The van der Waals surface area contributed by atoms with Crippen molar-refractivity contribution in [3.8, 4) is 0 Å². The Balaban J connectivity index is 2.36. The highest BCUT2D eigenvalue weighted by molar-refractivity contribution is 7.92. The maximum atomic E-state index is 12.1. The molecule has 0 fully saturated rings. The minimum Gasteiger partial charge on any atom is -0.397 e. The van der Waals surface area contributed by atoms with Crippen LogP contribution in [0.5, 0.6) is 0 Å². The lowest BCUT2D eigenvalue weighted by Gasteiger charge is -2.10. The van der Waals surface area contributed by atoms with E-state index in [1.165, 1.54) is 6.20 Å². The van der Waals surface area contributed by atoms with Gasteiger partial charge in [-0.2, -0.15) is 8.42 Å². The molecular formula is C11H13ClN4O2S. The Morgan fingerprint density at radius 2 is 2.21 bits per heavy atom. The second-order valence-electron chi connectivity index (χ2n) is 3.86. The Kier molecular flexibility index (Phi) is 3.68. The number of imidazole rings is 1. The van der Waals surface area contributed by atoms with Gasteiger partial charge in [0.25, 0.3) is 10.0 Å². The largest absolute Gasteiger partial charge is 0.397 e. The van der Waals surface area contributed by atoms with Crippen molar-refractivity contribution in [3.05, 3.63) is 35.2 Å². The number of aromatic amines is 1. The number of nitrogens with zero attached hydrogens (tertiary/aromatic N) is 1. The molecule has 0 spiro atoms. The summed E-state index contributed by atoms with van der Waals surface area (Å²) in [6, 6.07) is 4.76. The minimum absolute atomic E-state index is 0.0244. The van der Waals surface area contributed by atoms with E-state index >= 15 is 0 Å². The summed E-state index contributed by atoms with van der Waals surface area (Å²) < 4.78 is 26.6. The molecule has 1 aromatic heterocycles. The van der Waals surface area contributed by atoms with E-state index in [9.17, 15) is 8.42 Å². The van der Waals surface area contributed by atoms with Gasteiger partial charge in [-0.15, -0.1) is 0 Å². The normalized spacial score (nSPS) is 11.5. The number of H-pyrrole nitrogens is 1. The first-order valence-electron chi connectivity index (χ1n) is 5.54. The van der Waals surface area contributed by atoms with E-state index in [-0.39, 0.29) is 21.4 Å². The van der Waals surface area contributed by atoms with Crippen LogP contribution < -0.4 is 10.5 Å². The molecule has 0 amide bonds. The third-order valence-electron chi connectivity index (χ3n) is 2.51. The van der Waals surface area contributed by atoms with Crippen molar-refractivity contribution < 1.29 is 8.42 Å². The number of hydrogen-bond donors (Lipinski definition) is 3. The highest BCUT2D eigenvalue weighted by Crippen LogP contribution is 2.29. The van der Waals surface area contributed by atoms with Gasteiger partial charge in [0, 0.05) is 6.42 Å². The quantitative estimate of drug-likeness (QED) is 0.752. The Labute approximate surface area is 116 Å². The maximum absolute atomic E-state index is 12.1. The molecule has 0 aliphatic heterocycles. The summed E-state index contributed by atoms with van der Waals surface area (Å²) in [7, 11) is -3.78. The summed E-state index contributed by atoms with van der Waals surface area (Å²) in [6.45, 7) is 1.87. The Hall–Kier alpha value is -1.73. The third-order valence-corrected chi connectivity index (χ3v) is 4.09. The molecule has 0 aliphatic carbocycles. The van der Waals surface area contributed by atoms with Gasteiger partial charge in [0.05, 0.1) is 22.6 Å². The molecule has 1 heterocycles. The average Bonchev–Trinajstić information content (AvgIpc) is 2.83. The summed E-state index contributed by atoms with van der Waals surface area (Å²) in [5, 5.41) is 0.211. The van der Waals surface area contributed by atoms with Crippen molar-refractivity contribution >= 4 is 33.0 Å². The molecule has 0 radical (unpaired) electrons. The average molecular weight is 301 g/mol. The highest BCUT2D eigenvalue weighted by Gasteiger charge is 2.19. The van der Waals surface area contributed by atoms with E-state index < -0.39 is 10.0 Å². The summed E-state index contributed by atoms with van der Waals surface area (Å²) in [5.41, 5.74) is 6.12. The lowest BCUT2D eigenvalue weighted by atomic mass is 10.3. The van der Waals surface area contributed by atoms with Gasteiger partial charge in [0.15, 0.2) is 5.03 Å². The summed E-state index contributed by atoms with van der Waals surface area (Å²) >= 11 is 5.92. The topological polar surface area (TPSA) is 101 Å². The first kappa shape index (κ1) is 13.7. The van der Waals surface area contributed by atoms with Gasteiger partial charge >= 0.3 is 0 Å². The summed E-state index contributed by atoms with van der Waals surface area (Å²) in [4.78, 5) is 6.67. The molecule has 1 aromatic carbocycles. The van der Waals surface area contributed by atoms with Gasteiger partial charge in [-0.3, -0.25) is 4.72 Å². The van der Waals surface area contributed by atoms with Crippen LogP contribution in [-0.2, 0) is 16.4 Å². The number of para-hydroxylation sites is 1. The molecule has 19 heavy (non-hydrogen) atoms. The second kappa shape index (κ2) is 5.10. The number of benzene rings is 1. The number of halogens is 1. The lowest BCUT2D eigenvalue weighted by molar-refractivity contribution is 0.598. The monoisotopic (exact) mass is 300 g/mol. The van der Waals surface area contributed by atoms with Gasteiger partial charge in [0.1, 0.15) is 5.82 Å². The molecule has 0 saturated heterocycles. The molecule has 0 aliphatic rings. The van der Waals surface area contributed by atoms with Crippen LogP contribution >= 0.6 is 11.6 Å². The van der Waals surface area contributed by atoms with Crippen molar-refractivity contribution in [1.82, 2.24) is 9.97 Å². The van der Waals surface area contributed by atoms with E-state index in [4.69, 9.17) is 17.3 Å². The van der Waals surface area contributed by atoms with E-state index in [2.05, 4.69) is 14.7 Å². The van der Waals surface area contributed by atoms with Crippen LogP contribution in [0.25, 0.3) is 0 Å². The Bertz CT molecular complexity index is 676. The third kappa shape index (κ3) is 2.82. The predicted octanol–water partition coefficient (Wildman–Crippen LogP) is 2.01. The molecule has 4 N–H and O–H groups in total. The van der Waals surface area contributed by atoms with Gasteiger partial charge in [-0.25, -0.2) is 4.98 Å². The molecule has 0 unspecified atom stereocenters. The van der Waals surface area contributed by atoms with Crippen LogP contribution in [0.1, 0.15) is 12.7 Å². The standard InChI is InChI=1S/C11H13ClN4O2S/c1-2-9-14-6-10(15-9)19(17,18)16-11-7(12)4-3-5-8(11)13/h3-6,16H,2,13H2,1H3,(H,14,15). The number of nitrogens with two attached hydrogens (primary N) is 1. The number of anilines is 2. The fraction of sp³-hybridized carbons (Fsp3) is 0.182. The number of aryl methyl sites for hydroxylation is 1. The van der Waals surface area contributed by atoms with Crippen molar-refractivity contribution in [2.24, 2.45) is 0 Å². The van der Waals surface area contributed by atoms with Gasteiger partial charge in [-0.1, -0.05) is 24.6 Å². The fourth-order valence-electron chi connectivity index (χ4n) is 1.50. The van der Waals surface area contributed by atoms with Gasteiger partial charge in [-0.05, 0) is 12.1 Å². The first-order chi connectivity index (χ1) is 8.94. The number of aromatic nitrogens is 2. The van der Waals surface area contributed by atoms with Gasteiger partial charge < -0.3 is 10.7 Å². The predicted molar refractivity (Wildman–Crippen MR) is 74.6 cm³/mol. The number of nitrogens with one attached hydrogen (secondary N) is 2. The van der Waals surface area contributed by atoms with Crippen molar-refractivity contribution in [1.29, 1.82) is 0 Å². The molecule has 0 saturated carbocycles. The van der Waals surface area contributed by atoms with Crippen LogP contribution in [-0.4, -0.2) is 18.4 Å². The molecule has 2 rings (SSSR count). The van der Waals surface area contributed by atoms with Crippen LogP contribution in [0.3, 0.4) is 0 Å². The smallest absolute Gasteiger partial charge is 0.279 e. The molecule has 2 aromatic rings. The minimum atomic E-state index is -3.78. The zero-order valence-corrected chi connectivity index (χ0v) is 11.7. The van der Waals surface area contributed by atoms with Crippen LogP contribution in [0.2, 0.25) is 5.02 Å². The van der Waals surface area contributed by atoms with E-state index in [0.717, 1.165) is 0 Å². The molecule has 0 bridgehead atoms. The Morgan fingerprint density at radius 1 is 1.47 bits per heavy atom. The van der Waals surface area contributed by atoms with E-state index in [0.29, 0.717) is 12.2 Å². The number of sulfonamides is 1. The van der Waals surface area contributed by atoms with Crippen LogP contribution in [0.15, 0.2) is 29.4 Å². The zero-order chi connectivity index (χ0) is 14.0. The molecular weight excluding hydrogens is 288 g/mol. The maximum Gasteiger partial charge on any atom is 0.279 e. The summed E-state index contributed by atoms with van der Waals surface area (Å²) in [6.07, 6.45) is 1.87. The molecule has 6 nitrogen and oxygen atoms in total. The number of rotatable bonds is 4. The van der Waals surface area contributed by atoms with Gasteiger partial charge in [0.2, 0.25) is 0 Å². The molecule has 102 valence electrons. The SMILES string of the molecule is CCc1ncc(S(=O)(=O)Nc2c(N)cccc2Cl)[nH]1. The van der Waals surface area contributed by atoms with Crippen LogP contribution in [0.4, 0.5) is 11.4 Å². The highest BCUT2D eigenvalue weighted by atomic mass is 35.5. The van der Waals surface area contributed by atoms with Crippen molar-refractivity contribution in [3.63, 3.8) is 0 Å². The zero-order valence-electron chi connectivity index (χ0n) is 10.1. The first-order valence-corrected chi connectivity index (χ1v) is 7.41. The van der Waals surface area contributed by atoms with Crippen molar-refractivity contribution in [2.75, 3.05) is 10.5 Å².